The van der Waals surface area contributed by atoms with Crippen LogP contribution in [0.4, 0.5) is 8.78 Å². The standard InChI is InChI=1S/C11H15F2N/c1-11(2,14)4-3-8-5-9(12)7-10(13)6-8/h5-7H,3-4,14H2,1-2H3. The van der Waals surface area contributed by atoms with Gasteiger partial charge in [-0.3, -0.25) is 0 Å². The normalized spacial score (nSPS) is 11.8. The van der Waals surface area contributed by atoms with E-state index in [0.29, 0.717) is 18.4 Å². The van der Waals surface area contributed by atoms with Gasteiger partial charge < -0.3 is 5.73 Å². The minimum absolute atomic E-state index is 0.303. The predicted molar refractivity (Wildman–Crippen MR) is 52.9 cm³/mol. The number of aryl methyl sites for hydroxylation is 1. The van der Waals surface area contributed by atoms with Gasteiger partial charge in [-0.1, -0.05) is 0 Å². The molecule has 0 aliphatic heterocycles. The van der Waals surface area contributed by atoms with E-state index < -0.39 is 11.6 Å². The van der Waals surface area contributed by atoms with Gasteiger partial charge in [0.1, 0.15) is 11.6 Å². The molecule has 3 heteroatoms. The first-order valence-corrected chi connectivity index (χ1v) is 4.61. The Morgan fingerprint density at radius 3 is 2.07 bits per heavy atom. The van der Waals surface area contributed by atoms with Crippen LogP contribution in [0.1, 0.15) is 25.8 Å². The van der Waals surface area contributed by atoms with Gasteiger partial charge in [-0.05, 0) is 44.4 Å². The molecule has 78 valence electrons. The van der Waals surface area contributed by atoms with Gasteiger partial charge in [0.25, 0.3) is 0 Å². The Morgan fingerprint density at radius 2 is 1.64 bits per heavy atom. The number of nitrogens with two attached hydrogens (primary N) is 1. The summed E-state index contributed by atoms with van der Waals surface area (Å²) in [6.07, 6.45) is 1.30. The van der Waals surface area contributed by atoms with Gasteiger partial charge in [0.05, 0.1) is 0 Å². The molecule has 1 aromatic rings. The quantitative estimate of drug-likeness (QED) is 0.795. The molecule has 0 saturated heterocycles. The Balaban J connectivity index is 2.68. The molecule has 1 aromatic carbocycles. The van der Waals surface area contributed by atoms with Gasteiger partial charge in [0.2, 0.25) is 0 Å². The van der Waals surface area contributed by atoms with E-state index >= 15 is 0 Å². The second-order valence-corrected chi connectivity index (χ2v) is 4.27. The van der Waals surface area contributed by atoms with Crippen molar-refractivity contribution < 1.29 is 8.78 Å². The molecule has 0 saturated carbocycles. The highest BCUT2D eigenvalue weighted by Gasteiger charge is 2.11. The van der Waals surface area contributed by atoms with Crippen LogP contribution >= 0.6 is 0 Å². The number of benzene rings is 1. The average Bonchev–Trinajstić information content (AvgIpc) is 1.97. The number of rotatable bonds is 3. The zero-order chi connectivity index (χ0) is 10.8. The van der Waals surface area contributed by atoms with Crippen LogP contribution in [0, 0.1) is 11.6 Å². The van der Waals surface area contributed by atoms with Crippen LogP contribution in [0.15, 0.2) is 18.2 Å². The molecular weight excluding hydrogens is 184 g/mol. The van der Waals surface area contributed by atoms with E-state index in [1.54, 1.807) is 0 Å². The second-order valence-electron chi connectivity index (χ2n) is 4.27. The lowest BCUT2D eigenvalue weighted by molar-refractivity contribution is 0.474. The molecule has 0 unspecified atom stereocenters. The first kappa shape index (κ1) is 11.1. The van der Waals surface area contributed by atoms with Gasteiger partial charge in [-0.2, -0.15) is 0 Å². The molecule has 0 fully saturated rings. The lowest BCUT2D eigenvalue weighted by Crippen LogP contribution is -2.32. The van der Waals surface area contributed by atoms with Crippen LogP contribution in [-0.4, -0.2) is 5.54 Å². The van der Waals surface area contributed by atoms with Crippen molar-refractivity contribution in [3.8, 4) is 0 Å². The highest BCUT2D eigenvalue weighted by molar-refractivity contribution is 5.18. The maximum Gasteiger partial charge on any atom is 0.126 e. The molecule has 0 aliphatic rings. The van der Waals surface area contributed by atoms with Gasteiger partial charge in [-0.15, -0.1) is 0 Å². The van der Waals surface area contributed by atoms with Crippen LogP contribution < -0.4 is 5.73 Å². The first-order valence-electron chi connectivity index (χ1n) is 4.61. The van der Waals surface area contributed by atoms with Crippen molar-refractivity contribution in [2.75, 3.05) is 0 Å². The summed E-state index contributed by atoms with van der Waals surface area (Å²) >= 11 is 0. The molecular formula is C11H15F2N. The molecule has 0 radical (unpaired) electrons. The summed E-state index contributed by atoms with van der Waals surface area (Å²) in [5.41, 5.74) is 6.12. The van der Waals surface area contributed by atoms with Crippen molar-refractivity contribution in [1.29, 1.82) is 0 Å². The van der Waals surface area contributed by atoms with Crippen LogP contribution in [0.2, 0.25) is 0 Å². The van der Waals surface area contributed by atoms with Gasteiger partial charge in [-0.25, -0.2) is 8.78 Å². The van der Waals surface area contributed by atoms with E-state index in [9.17, 15) is 8.78 Å². The zero-order valence-electron chi connectivity index (χ0n) is 8.48. The van der Waals surface area contributed by atoms with Crippen molar-refractivity contribution in [2.24, 2.45) is 5.73 Å². The third-order valence-corrected chi connectivity index (χ3v) is 1.98. The highest BCUT2D eigenvalue weighted by atomic mass is 19.1. The fourth-order valence-electron chi connectivity index (χ4n) is 1.22. The zero-order valence-corrected chi connectivity index (χ0v) is 8.48. The Hall–Kier alpha value is -0.960. The van der Waals surface area contributed by atoms with Crippen molar-refractivity contribution in [3.63, 3.8) is 0 Å². The fourth-order valence-corrected chi connectivity index (χ4v) is 1.22. The second kappa shape index (κ2) is 4.05. The minimum atomic E-state index is -0.533. The summed E-state index contributed by atoms with van der Waals surface area (Å²) < 4.78 is 25.6. The molecule has 0 aromatic heterocycles. The van der Waals surface area contributed by atoms with E-state index in [2.05, 4.69) is 0 Å². The molecule has 2 N–H and O–H groups in total. The lowest BCUT2D eigenvalue weighted by Gasteiger charge is -2.17. The summed E-state index contributed by atoms with van der Waals surface area (Å²) in [5.74, 6) is -1.07. The minimum Gasteiger partial charge on any atom is -0.326 e. The first-order chi connectivity index (χ1) is 6.37. The van der Waals surface area contributed by atoms with Crippen LogP contribution in [-0.2, 0) is 6.42 Å². The maximum atomic E-state index is 12.8. The fraction of sp³-hybridized carbons (Fsp3) is 0.455. The summed E-state index contributed by atoms with van der Waals surface area (Å²) in [6.45, 7) is 3.78. The summed E-state index contributed by atoms with van der Waals surface area (Å²) in [6, 6.07) is 3.56. The summed E-state index contributed by atoms with van der Waals surface area (Å²) in [7, 11) is 0. The molecule has 1 rings (SSSR count). The molecule has 0 bridgehead atoms. The van der Waals surface area contributed by atoms with Crippen molar-refractivity contribution in [2.45, 2.75) is 32.2 Å². The smallest absolute Gasteiger partial charge is 0.126 e. The average molecular weight is 199 g/mol. The van der Waals surface area contributed by atoms with Gasteiger partial charge in [0, 0.05) is 11.6 Å². The van der Waals surface area contributed by atoms with E-state index in [-0.39, 0.29) is 5.54 Å². The SMILES string of the molecule is CC(C)(N)CCc1cc(F)cc(F)c1. The largest absolute Gasteiger partial charge is 0.326 e. The lowest BCUT2D eigenvalue weighted by atomic mass is 9.96. The molecule has 0 atom stereocenters. The predicted octanol–water partition coefficient (Wildman–Crippen LogP) is 2.63. The van der Waals surface area contributed by atoms with Gasteiger partial charge in [0.15, 0.2) is 0 Å². The Kier molecular flexibility index (Phi) is 3.21. The Labute approximate surface area is 82.9 Å². The Bertz CT molecular complexity index is 295. The monoisotopic (exact) mass is 199 g/mol. The van der Waals surface area contributed by atoms with E-state index in [1.807, 2.05) is 13.8 Å². The highest BCUT2D eigenvalue weighted by Crippen LogP contribution is 2.13. The van der Waals surface area contributed by atoms with Crippen LogP contribution in [0.3, 0.4) is 0 Å². The maximum absolute atomic E-state index is 12.8. The van der Waals surface area contributed by atoms with Crippen molar-refractivity contribution in [3.05, 3.63) is 35.4 Å². The van der Waals surface area contributed by atoms with Crippen LogP contribution in [0.5, 0.6) is 0 Å². The molecule has 0 amide bonds. The Morgan fingerprint density at radius 1 is 1.14 bits per heavy atom. The third-order valence-electron chi connectivity index (χ3n) is 1.98. The number of hydrogen-bond donors (Lipinski definition) is 1. The topological polar surface area (TPSA) is 26.0 Å². The third kappa shape index (κ3) is 3.83. The van der Waals surface area contributed by atoms with Gasteiger partial charge >= 0.3 is 0 Å². The molecule has 0 spiro atoms. The number of hydrogen-bond acceptors (Lipinski definition) is 1. The number of halogens is 2. The molecule has 1 nitrogen and oxygen atoms in total. The van der Waals surface area contributed by atoms with E-state index in [4.69, 9.17) is 5.73 Å². The van der Waals surface area contributed by atoms with E-state index in [1.165, 1.54) is 12.1 Å². The molecule has 14 heavy (non-hydrogen) atoms. The van der Waals surface area contributed by atoms with Crippen molar-refractivity contribution in [1.82, 2.24) is 0 Å². The van der Waals surface area contributed by atoms with E-state index in [0.717, 1.165) is 6.07 Å². The molecule has 0 heterocycles. The van der Waals surface area contributed by atoms with Crippen LogP contribution in [0.25, 0.3) is 0 Å². The van der Waals surface area contributed by atoms with Crippen molar-refractivity contribution >= 4 is 0 Å². The molecule has 0 aliphatic carbocycles. The summed E-state index contributed by atoms with van der Waals surface area (Å²) in [5, 5.41) is 0. The summed E-state index contributed by atoms with van der Waals surface area (Å²) in [4.78, 5) is 0.